The van der Waals surface area contributed by atoms with E-state index in [0.717, 1.165) is 72.0 Å². The Bertz CT molecular complexity index is 864. The number of carbonyl (C=O) groups excluding carboxylic acids is 3. The minimum Gasteiger partial charge on any atom is -0.481 e. The fourth-order valence-electron chi connectivity index (χ4n) is 5.69. The van der Waals surface area contributed by atoms with Crippen molar-refractivity contribution >= 4 is 78.0 Å². The van der Waals surface area contributed by atoms with Gasteiger partial charge in [0.15, 0.2) is 0 Å². The molecule has 3 amide bonds. The molecule has 2 radical (unpaired) electrons. The number of piperidine rings is 4. The third-order valence-corrected chi connectivity index (χ3v) is 7.62. The topological polar surface area (TPSA) is 172 Å². The van der Waals surface area contributed by atoms with Gasteiger partial charge in [-0.1, -0.05) is 27.9 Å². The highest BCUT2D eigenvalue weighted by Gasteiger charge is 2.19. The Morgan fingerprint density at radius 1 is 0.660 bits per heavy atom. The number of amides is 3. The van der Waals surface area contributed by atoms with Gasteiger partial charge in [0, 0.05) is 78.0 Å². The van der Waals surface area contributed by atoms with Crippen LogP contribution in [0.5, 0.6) is 0 Å². The molecule has 7 N–H and O–H groups in total. The maximum atomic E-state index is 10.8. The summed E-state index contributed by atoms with van der Waals surface area (Å²) in [5.74, 6) is -0.586. The predicted octanol–water partition coefficient (Wildman–Crippen LogP) is 2.13. The van der Waals surface area contributed by atoms with Crippen molar-refractivity contribution in [3.8, 4) is 0 Å². The number of likely N-dealkylation sites (N-methyl/N-ethyl adjacent to an activating group) is 2. The van der Waals surface area contributed by atoms with Crippen LogP contribution in [0.4, 0.5) is 0 Å². The first-order valence-electron chi connectivity index (χ1n) is 17.7. The number of rotatable bonds is 4. The molecule has 4 fully saturated rings. The van der Waals surface area contributed by atoms with E-state index in [1.54, 1.807) is 20.8 Å². The van der Waals surface area contributed by atoms with Gasteiger partial charge in [-0.25, -0.2) is 0 Å². The zero-order chi connectivity index (χ0) is 36.9. The molecule has 0 aromatic rings. The standard InChI is InChI=1S/C8H16BN2O.C8H16N2O.C7H14N2O.C6H14N2.C2H6B.C2H4O2.CH4.4H3P/c1-7(12)10-8-4-3-5-11(6-8)9-2;1-7(11)9-8-4-3-5-10(2)6-8;1-6(10)9-7-3-2-4-8-5-7;1-8-4-2-3-6(7)5-8;1-3-2;1-2(3)4;;;;;/h8H,3-6H2,1-2H3,(H,10,12);8H,3-6H2,1-2H3,(H,9,11);7-8H,2-5H2,1H3,(H,9,10);6H,2-5,7H2,1H3;1-2H3;1H3,(H,3,4);1H4;4*1H3. The highest BCUT2D eigenvalue weighted by molar-refractivity contribution is 6.92. The van der Waals surface area contributed by atoms with Crippen LogP contribution in [0.25, 0.3) is 0 Å². The number of carboxylic acid groups (broad SMARTS) is 1. The Kier molecular flexibility index (Phi) is 56.2. The summed E-state index contributed by atoms with van der Waals surface area (Å²) >= 11 is 0. The molecule has 0 aromatic carbocycles. The van der Waals surface area contributed by atoms with Crippen molar-refractivity contribution in [2.45, 2.75) is 131 Å². The lowest BCUT2D eigenvalue weighted by Crippen LogP contribution is -2.47. The Hall–Kier alpha value is -0.470. The van der Waals surface area contributed by atoms with Crippen molar-refractivity contribution < 1.29 is 24.3 Å². The van der Waals surface area contributed by atoms with E-state index in [1.807, 2.05) is 27.7 Å². The molecule has 318 valence electrons. The van der Waals surface area contributed by atoms with Crippen LogP contribution in [0.15, 0.2) is 0 Å². The second-order valence-electron chi connectivity index (χ2n) is 13.1. The van der Waals surface area contributed by atoms with Crippen LogP contribution in [0.2, 0.25) is 20.5 Å². The highest BCUT2D eigenvalue weighted by atomic mass is 31.0. The fourth-order valence-corrected chi connectivity index (χ4v) is 5.69. The number of nitrogens with two attached hydrogens (primary N) is 1. The van der Waals surface area contributed by atoms with Crippen molar-refractivity contribution in [2.75, 3.05) is 66.5 Å². The molecule has 0 spiro atoms. The number of carboxylic acids is 1. The van der Waals surface area contributed by atoms with Crippen LogP contribution in [-0.4, -0.2) is 149 Å². The van der Waals surface area contributed by atoms with Crippen molar-refractivity contribution in [3.63, 3.8) is 0 Å². The van der Waals surface area contributed by atoms with Crippen molar-refractivity contribution in [2.24, 2.45) is 5.73 Å². The van der Waals surface area contributed by atoms with E-state index in [-0.39, 0.29) is 64.7 Å². The van der Waals surface area contributed by atoms with Crippen molar-refractivity contribution in [1.29, 1.82) is 0 Å². The second kappa shape index (κ2) is 44.2. The van der Waals surface area contributed by atoms with Gasteiger partial charge in [-0.3, -0.25) is 19.2 Å². The maximum absolute atomic E-state index is 10.8. The van der Waals surface area contributed by atoms with Crippen LogP contribution in [0.3, 0.4) is 0 Å². The fraction of sp³-hybridized carbons (Fsp3) is 0.882. The molecule has 53 heavy (non-hydrogen) atoms. The first kappa shape index (κ1) is 67.3. The monoisotopic (exact) mass is 833 g/mol. The van der Waals surface area contributed by atoms with Crippen LogP contribution < -0.4 is 27.0 Å². The molecule has 13 nitrogen and oxygen atoms in total. The van der Waals surface area contributed by atoms with Gasteiger partial charge in [-0.05, 0) is 91.6 Å². The molecule has 0 saturated carbocycles. The van der Waals surface area contributed by atoms with Crippen LogP contribution in [0.1, 0.15) is 86.5 Å². The molecule has 4 rings (SSSR count). The molecule has 4 heterocycles. The van der Waals surface area contributed by atoms with Crippen molar-refractivity contribution in [3.05, 3.63) is 0 Å². The number of likely N-dealkylation sites (tertiary alicyclic amines) is 2. The lowest BCUT2D eigenvalue weighted by atomic mass is 9.88. The summed E-state index contributed by atoms with van der Waals surface area (Å²) in [5.41, 5.74) is 5.68. The largest absolute Gasteiger partial charge is 0.481 e. The second-order valence-corrected chi connectivity index (χ2v) is 13.1. The Morgan fingerprint density at radius 2 is 1.04 bits per heavy atom. The van der Waals surface area contributed by atoms with Gasteiger partial charge in [0.2, 0.25) is 25.1 Å². The lowest BCUT2D eigenvalue weighted by Gasteiger charge is -2.32. The molecule has 0 aliphatic carbocycles. The zero-order valence-electron chi connectivity index (χ0n) is 34.6. The highest BCUT2D eigenvalue weighted by Crippen LogP contribution is 2.09. The van der Waals surface area contributed by atoms with E-state index in [4.69, 9.17) is 15.6 Å². The van der Waals surface area contributed by atoms with E-state index in [0.29, 0.717) is 24.2 Å². The summed E-state index contributed by atoms with van der Waals surface area (Å²) in [6, 6.07) is 1.54. The Morgan fingerprint density at radius 3 is 1.38 bits per heavy atom. The molecule has 0 aromatic heterocycles. The van der Waals surface area contributed by atoms with Gasteiger partial charge in [-0.2, -0.15) is 39.6 Å². The van der Waals surface area contributed by atoms with Crippen LogP contribution in [0, 0.1) is 0 Å². The Balaban J connectivity index is -0.0000000981. The zero-order valence-corrected chi connectivity index (χ0v) is 40.3. The van der Waals surface area contributed by atoms with Gasteiger partial charge in [0.1, 0.15) is 7.28 Å². The quantitative estimate of drug-likeness (QED) is 0.182. The summed E-state index contributed by atoms with van der Waals surface area (Å²) in [6.07, 6.45) is 9.39. The predicted molar refractivity (Wildman–Crippen MR) is 251 cm³/mol. The van der Waals surface area contributed by atoms with Crippen molar-refractivity contribution in [1.82, 2.24) is 35.9 Å². The van der Waals surface area contributed by atoms with Gasteiger partial charge in [0.25, 0.3) is 5.97 Å². The van der Waals surface area contributed by atoms with E-state index < -0.39 is 5.97 Å². The number of hydrogen-bond acceptors (Lipinski definition) is 9. The average Bonchev–Trinajstić information content (AvgIpc) is 2.98. The molecule has 8 unspecified atom stereocenters. The first-order valence-corrected chi connectivity index (χ1v) is 17.7. The molecule has 8 atom stereocenters. The third kappa shape index (κ3) is 47.6. The molecular formula is C34H86B2N8O5P4. The SMILES string of the molecule is C.CC(=O)NC1CCCN(C)C1.CC(=O)NC1CCCNC1.CC(=O)O.CN1CCCC(N)C1.C[B]C.C[B]N1CCCC(NC(C)=O)C1.P.P.P.P. The van der Waals surface area contributed by atoms with Crippen LogP contribution in [-0.2, 0) is 19.2 Å². The summed E-state index contributed by atoms with van der Waals surface area (Å²) < 4.78 is 0. The number of nitrogens with one attached hydrogen (secondary N) is 4. The summed E-state index contributed by atoms with van der Waals surface area (Å²) in [5, 5.41) is 19.4. The average molecular weight is 833 g/mol. The molecular weight excluding hydrogens is 746 g/mol. The molecule has 19 heteroatoms. The van der Waals surface area contributed by atoms with E-state index in [9.17, 15) is 14.4 Å². The minimum atomic E-state index is -0.833. The lowest BCUT2D eigenvalue weighted by molar-refractivity contribution is -0.134. The summed E-state index contributed by atoms with van der Waals surface area (Å²) in [4.78, 5) is 47.8. The first-order chi connectivity index (χ1) is 22.6. The third-order valence-electron chi connectivity index (χ3n) is 7.62. The van der Waals surface area contributed by atoms with Gasteiger partial charge in [-0.15, -0.1) is 0 Å². The van der Waals surface area contributed by atoms with Gasteiger partial charge >= 0.3 is 0 Å². The van der Waals surface area contributed by atoms with Crippen LogP contribution >= 0.6 is 39.6 Å². The van der Waals surface area contributed by atoms with Gasteiger partial charge < -0.3 is 46.7 Å². The normalized spacial score (nSPS) is 21.8. The smallest absolute Gasteiger partial charge is 0.300 e. The maximum Gasteiger partial charge on any atom is 0.300 e. The summed E-state index contributed by atoms with van der Waals surface area (Å²) in [7, 11) is 8.31. The number of hydrogen-bond donors (Lipinski definition) is 6. The molecule has 4 aliphatic rings. The van der Waals surface area contributed by atoms with E-state index in [2.05, 4.69) is 57.4 Å². The van der Waals surface area contributed by atoms with E-state index in [1.165, 1.54) is 38.6 Å². The molecule has 4 aliphatic heterocycles. The van der Waals surface area contributed by atoms with Gasteiger partial charge in [0.05, 0.1) is 0 Å². The number of aliphatic carboxylic acids is 1. The number of nitrogens with zero attached hydrogens (tertiary/aromatic N) is 3. The minimum absolute atomic E-state index is 0. The summed E-state index contributed by atoms with van der Waals surface area (Å²) in [6.45, 7) is 20.4. The molecule has 4 saturated heterocycles. The number of carbonyl (C=O) groups is 4. The molecule has 0 bridgehead atoms. The van der Waals surface area contributed by atoms with E-state index >= 15 is 0 Å². The Labute approximate surface area is 340 Å².